The Hall–Kier alpha value is -0.170. The van der Waals surface area contributed by atoms with Gasteiger partial charge in [0, 0.05) is 32.2 Å². The molecule has 5 nitrogen and oxygen atoms in total. The molecule has 1 fully saturated rings. The van der Waals surface area contributed by atoms with E-state index in [0.29, 0.717) is 31.6 Å². The van der Waals surface area contributed by atoms with Crippen LogP contribution in [-0.4, -0.2) is 69.2 Å². The summed E-state index contributed by atoms with van der Waals surface area (Å²) in [7, 11) is 0.725. The summed E-state index contributed by atoms with van der Waals surface area (Å²) >= 11 is 0. The zero-order valence-corrected chi connectivity index (χ0v) is 14.4. The van der Waals surface area contributed by atoms with E-state index in [4.69, 9.17) is 0 Å². The second-order valence-electron chi connectivity index (χ2n) is 6.59. The molecule has 120 valence electrons. The summed E-state index contributed by atoms with van der Waals surface area (Å²) < 4.78 is 27.0. The Morgan fingerprint density at radius 1 is 1.15 bits per heavy atom. The third-order valence-corrected chi connectivity index (χ3v) is 5.74. The van der Waals surface area contributed by atoms with E-state index in [1.807, 2.05) is 25.9 Å². The maximum absolute atomic E-state index is 12.7. The van der Waals surface area contributed by atoms with Crippen LogP contribution in [0.2, 0.25) is 0 Å². The minimum absolute atomic E-state index is 0.343. The first-order valence-electron chi connectivity index (χ1n) is 7.60. The molecule has 1 aliphatic rings. The first-order chi connectivity index (χ1) is 9.23. The van der Waals surface area contributed by atoms with Gasteiger partial charge < -0.3 is 10.2 Å². The lowest BCUT2D eigenvalue weighted by Crippen LogP contribution is -2.46. The molecule has 1 N–H and O–H groups in total. The predicted molar refractivity (Wildman–Crippen MR) is 84.4 cm³/mol. The topological polar surface area (TPSA) is 52.7 Å². The van der Waals surface area contributed by atoms with E-state index in [2.05, 4.69) is 19.2 Å². The van der Waals surface area contributed by atoms with Crippen molar-refractivity contribution in [2.24, 2.45) is 5.92 Å². The lowest BCUT2D eigenvalue weighted by molar-refractivity contribution is 0.310. The quantitative estimate of drug-likeness (QED) is 0.654. The molecule has 0 amide bonds. The molecular formula is C14H31N3O2S. The third-order valence-electron chi connectivity index (χ3n) is 3.51. The molecule has 20 heavy (non-hydrogen) atoms. The van der Waals surface area contributed by atoms with Gasteiger partial charge in [0.1, 0.15) is 0 Å². The van der Waals surface area contributed by atoms with E-state index in [0.717, 1.165) is 6.54 Å². The largest absolute Gasteiger partial charge is 0.313 e. The second-order valence-corrected chi connectivity index (χ2v) is 8.94. The Morgan fingerprint density at radius 2 is 1.75 bits per heavy atom. The van der Waals surface area contributed by atoms with E-state index in [1.165, 1.54) is 12.8 Å². The van der Waals surface area contributed by atoms with Gasteiger partial charge in [-0.05, 0) is 39.8 Å². The number of likely N-dealkylation sites (N-methyl/N-ethyl adjacent to an activating group) is 1. The van der Waals surface area contributed by atoms with Crippen LogP contribution in [-0.2, 0) is 10.0 Å². The van der Waals surface area contributed by atoms with Gasteiger partial charge in [-0.2, -0.15) is 0 Å². The summed E-state index contributed by atoms with van der Waals surface area (Å²) in [6.07, 6.45) is 2.37. The molecule has 0 aromatic heterocycles. The molecule has 1 saturated carbocycles. The van der Waals surface area contributed by atoms with Crippen LogP contribution in [0.5, 0.6) is 0 Å². The minimum Gasteiger partial charge on any atom is -0.313 e. The molecule has 1 atom stereocenters. The summed E-state index contributed by atoms with van der Waals surface area (Å²) in [5, 5.41) is 2.96. The first-order valence-corrected chi connectivity index (χ1v) is 9.11. The second kappa shape index (κ2) is 7.73. The Kier molecular flexibility index (Phi) is 6.91. The van der Waals surface area contributed by atoms with E-state index in [1.54, 1.807) is 4.31 Å². The highest BCUT2D eigenvalue weighted by Crippen LogP contribution is 2.19. The van der Waals surface area contributed by atoms with Crippen molar-refractivity contribution in [2.45, 2.75) is 44.9 Å². The molecular weight excluding hydrogens is 274 g/mol. The van der Waals surface area contributed by atoms with Gasteiger partial charge in [0.15, 0.2) is 0 Å². The average molecular weight is 305 g/mol. The van der Waals surface area contributed by atoms with Gasteiger partial charge in [-0.25, -0.2) is 12.7 Å². The monoisotopic (exact) mass is 305 g/mol. The molecule has 0 heterocycles. The number of rotatable bonds is 10. The summed E-state index contributed by atoms with van der Waals surface area (Å²) in [5.41, 5.74) is 0. The van der Waals surface area contributed by atoms with Crippen molar-refractivity contribution >= 4 is 10.0 Å². The van der Waals surface area contributed by atoms with Crippen molar-refractivity contribution in [2.75, 3.05) is 40.3 Å². The van der Waals surface area contributed by atoms with Crippen LogP contribution in [0.3, 0.4) is 0 Å². The van der Waals surface area contributed by atoms with Crippen LogP contribution in [0.15, 0.2) is 0 Å². The highest BCUT2D eigenvalue weighted by molar-refractivity contribution is 7.89. The molecule has 0 bridgehead atoms. The molecule has 0 aromatic rings. The van der Waals surface area contributed by atoms with Crippen molar-refractivity contribution in [3.63, 3.8) is 0 Å². The van der Waals surface area contributed by atoms with E-state index in [9.17, 15) is 8.42 Å². The molecule has 1 rings (SSSR count). The molecule has 0 spiro atoms. The van der Waals surface area contributed by atoms with Crippen molar-refractivity contribution in [1.29, 1.82) is 0 Å². The van der Waals surface area contributed by atoms with Gasteiger partial charge in [0.05, 0.1) is 5.25 Å². The fourth-order valence-corrected chi connectivity index (χ4v) is 3.68. The summed E-state index contributed by atoms with van der Waals surface area (Å²) in [5.74, 6) is 0.343. The average Bonchev–Trinajstić information content (AvgIpc) is 3.14. The van der Waals surface area contributed by atoms with Gasteiger partial charge in [-0.1, -0.05) is 13.8 Å². The lowest BCUT2D eigenvalue weighted by atomic mass is 10.2. The van der Waals surface area contributed by atoms with E-state index in [-0.39, 0.29) is 5.25 Å². The van der Waals surface area contributed by atoms with Crippen molar-refractivity contribution < 1.29 is 8.42 Å². The van der Waals surface area contributed by atoms with Gasteiger partial charge in [0.2, 0.25) is 10.0 Å². The lowest BCUT2D eigenvalue weighted by Gasteiger charge is -2.28. The number of nitrogens with one attached hydrogen (secondary N) is 1. The SMILES string of the molecule is CC(C)CN(CCN(C)C)S(=O)(=O)C(C)CNC1CC1. The Morgan fingerprint density at radius 3 is 2.20 bits per heavy atom. The fourth-order valence-electron chi connectivity index (χ4n) is 2.02. The third kappa shape index (κ3) is 6.08. The van der Waals surface area contributed by atoms with Crippen LogP contribution in [0.1, 0.15) is 33.6 Å². The highest BCUT2D eigenvalue weighted by Gasteiger charge is 2.30. The van der Waals surface area contributed by atoms with Crippen molar-refractivity contribution in [3.8, 4) is 0 Å². The normalized spacial score (nSPS) is 18.2. The maximum atomic E-state index is 12.7. The smallest absolute Gasteiger partial charge is 0.218 e. The Bertz CT molecular complexity index is 378. The molecule has 1 aliphatic carbocycles. The summed E-state index contributed by atoms with van der Waals surface area (Å²) in [6.45, 7) is 8.42. The number of sulfonamides is 1. The molecule has 0 aliphatic heterocycles. The summed E-state index contributed by atoms with van der Waals surface area (Å²) in [6, 6.07) is 0.549. The van der Waals surface area contributed by atoms with E-state index >= 15 is 0 Å². The van der Waals surface area contributed by atoms with Crippen molar-refractivity contribution in [3.05, 3.63) is 0 Å². The summed E-state index contributed by atoms with van der Waals surface area (Å²) in [4.78, 5) is 2.02. The minimum atomic E-state index is -3.22. The Labute approximate surface area is 124 Å². The molecule has 6 heteroatoms. The van der Waals surface area contributed by atoms with Crippen LogP contribution in [0.25, 0.3) is 0 Å². The molecule has 0 aromatic carbocycles. The van der Waals surface area contributed by atoms with Gasteiger partial charge >= 0.3 is 0 Å². The number of hydrogen-bond donors (Lipinski definition) is 1. The fraction of sp³-hybridized carbons (Fsp3) is 1.00. The number of hydrogen-bond acceptors (Lipinski definition) is 4. The Balaban J connectivity index is 2.62. The van der Waals surface area contributed by atoms with Crippen LogP contribution < -0.4 is 5.32 Å². The maximum Gasteiger partial charge on any atom is 0.218 e. The highest BCUT2D eigenvalue weighted by atomic mass is 32.2. The van der Waals surface area contributed by atoms with Gasteiger partial charge in [-0.15, -0.1) is 0 Å². The predicted octanol–water partition coefficient (Wildman–Crippen LogP) is 0.976. The standard InChI is InChI=1S/C14H31N3O2S/c1-12(2)11-17(9-8-16(4)5)20(18,19)13(3)10-15-14-6-7-14/h12-15H,6-11H2,1-5H3. The number of nitrogens with zero attached hydrogens (tertiary/aromatic N) is 2. The van der Waals surface area contributed by atoms with Gasteiger partial charge in [-0.3, -0.25) is 0 Å². The molecule has 0 radical (unpaired) electrons. The van der Waals surface area contributed by atoms with Crippen LogP contribution in [0.4, 0.5) is 0 Å². The first kappa shape index (κ1) is 17.9. The van der Waals surface area contributed by atoms with Crippen LogP contribution >= 0.6 is 0 Å². The zero-order valence-electron chi connectivity index (χ0n) is 13.6. The van der Waals surface area contributed by atoms with Crippen molar-refractivity contribution in [1.82, 2.24) is 14.5 Å². The van der Waals surface area contributed by atoms with Crippen LogP contribution in [0, 0.1) is 5.92 Å². The molecule has 1 unspecified atom stereocenters. The zero-order chi connectivity index (χ0) is 15.3. The molecule has 0 saturated heterocycles. The van der Waals surface area contributed by atoms with E-state index < -0.39 is 10.0 Å². The van der Waals surface area contributed by atoms with Gasteiger partial charge in [0.25, 0.3) is 0 Å².